The van der Waals surface area contributed by atoms with Crippen LogP contribution in [0, 0.1) is 32.8 Å². The molecular formula is C16H9N3O2. The number of non-ortho nitro benzene ring substituents is 1. The summed E-state index contributed by atoms with van der Waals surface area (Å²) < 4.78 is 0. The fourth-order valence-corrected chi connectivity index (χ4v) is 1.76. The van der Waals surface area contributed by atoms with Crippen molar-refractivity contribution >= 4 is 17.3 Å². The van der Waals surface area contributed by atoms with E-state index >= 15 is 0 Å². The Kier molecular flexibility index (Phi) is 4.09. The van der Waals surface area contributed by atoms with Crippen molar-refractivity contribution in [3.05, 3.63) is 75.3 Å². The van der Waals surface area contributed by atoms with E-state index in [1.807, 2.05) is 6.07 Å². The molecule has 2 aromatic rings. The maximum absolute atomic E-state index is 10.6. The number of benzene rings is 2. The number of rotatable bonds is 3. The van der Waals surface area contributed by atoms with Gasteiger partial charge < -0.3 is 0 Å². The van der Waals surface area contributed by atoms with Gasteiger partial charge in [0.1, 0.15) is 0 Å². The number of nitriles is 2. The third-order valence-corrected chi connectivity index (χ3v) is 2.86. The van der Waals surface area contributed by atoms with Crippen molar-refractivity contribution in [2.45, 2.75) is 0 Å². The van der Waals surface area contributed by atoms with Gasteiger partial charge in [-0.2, -0.15) is 10.5 Å². The third kappa shape index (κ3) is 3.31. The fourth-order valence-electron chi connectivity index (χ4n) is 1.76. The second-order valence-electron chi connectivity index (χ2n) is 4.21. The van der Waals surface area contributed by atoms with Gasteiger partial charge in [0, 0.05) is 12.1 Å². The first-order chi connectivity index (χ1) is 10.1. The van der Waals surface area contributed by atoms with E-state index in [1.165, 1.54) is 24.3 Å². The van der Waals surface area contributed by atoms with Gasteiger partial charge in [0.05, 0.1) is 28.2 Å². The van der Waals surface area contributed by atoms with Gasteiger partial charge in [0.25, 0.3) is 5.69 Å². The Labute approximate surface area is 121 Å². The normalized spacial score (nSPS) is 10.5. The average molecular weight is 275 g/mol. The molecule has 0 N–H and O–H groups in total. The van der Waals surface area contributed by atoms with E-state index in [9.17, 15) is 15.4 Å². The summed E-state index contributed by atoms with van der Waals surface area (Å²) in [6.45, 7) is 0. The molecule has 0 aliphatic carbocycles. The molecule has 0 amide bonds. The fraction of sp³-hybridized carbons (Fsp3) is 0. The lowest BCUT2D eigenvalue weighted by atomic mass is 10.0. The van der Waals surface area contributed by atoms with Crippen LogP contribution < -0.4 is 0 Å². The molecule has 0 aliphatic rings. The van der Waals surface area contributed by atoms with Gasteiger partial charge in [0.2, 0.25) is 0 Å². The number of hydrogen-bond donors (Lipinski definition) is 0. The molecule has 0 bridgehead atoms. The molecule has 0 radical (unpaired) electrons. The molecular weight excluding hydrogens is 266 g/mol. The smallest absolute Gasteiger partial charge is 0.258 e. The van der Waals surface area contributed by atoms with Gasteiger partial charge in [-0.25, -0.2) is 0 Å². The average Bonchev–Trinajstić information content (AvgIpc) is 2.53. The first-order valence-electron chi connectivity index (χ1n) is 6.01. The number of nitro benzene ring substituents is 1. The largest absolute Gasteiger partial charge is 0.269 e. The van der Waals surface area contributed by atoms with Crippen molar-refractivity contribution in [3.8, 4) is 12.1 Å². The van der Waals surface area contributed by atoms with Crippen LogP contribution in [0.25, 0.3) is 11.6 Å². The summed E-state index contributed by atoms with van der Waals surface area (Å²) in [5.74, 6) is 0. The molecule has 0 atom stereocenters. The number of nitrogens with zero attached hydrogens (tertiary/aromatic N) is 3. The van der Waals surface area contributed by atoms with Crippen LogP contribution in [0.4, 0.5) is 5.69 Å². The van der Waals surface area contributed by atoms with Crippen molar-refractivity contribution in [1.29, 1.82) is 10.5 Å². The topological polar surface area (TPSA) is 90.7 Å². The van der Waals surface area contributed by atoms with Crippen molar-refractivity contribution in [3.63, 3.8) is 0 Å². The van der Waals surface area contributed by atoms with Crippen LogP contribution in [0.2, 0.25) is 0 Å². The molecule has 2 aromatic carbocycles. The molecule has 0 saturated carbocycles. The first kappa shape index (κ1) is 14.0. The Morgan fingerprint density at radius 3 is 2.14 bits per heavy atom. The lowest BCUT2D eigenvalue weighted by Gasteiger charge is -2.00. The van der Waals surface area contributed by atoms with E-state index in [0.717, 1.165) is 5.56 Å². The van der Waals surface area contributed by atoms with Crippen molar-refractivity contribution in [2.75, 3.05) is 0 Å². The first-order valence-corrected chi connectivity index (χ1v) is 6.01. The molecule has 100 valence electrons. The Balaban J connectivity index is 2.34. The van der Waals surface area contributed by atoms with Gasteiger partial charge in [-0.1, -0.05) is 12.1 Å². The van der Waals surface area contributed by atoms with Crippen molar-refractivity contribution in [1.82, 2.24) is 0 Å². The van der Waals surface area contributed by atoms with E-state index in [1.54, 1.807) is 30.3 Å². The molecule has 0 heterocycles. The summed E-state index contributed by atoms with van der Waals surface area (Å²) in [6, 6.07) is 16.7. The molecule has 5 heteroatoms. The molecule has 0 aromatic heterocycles. The summed E-state index contributed by atoms with van der Waals surface area (Å²) in [6.07, 6.45) is 1.67. The second-order valence-corrected chi connectivity index (χ2v) is 4.21. The summed E-state index contributed by atoms with van der Waals surface area (Å²) >= 11 is 0. The molecule has 0 fully saturated rings. The second kappa shape index (κ2) is 6.14. The minimum atomic E-state index is -0.486. The summed E-state index contributed by atoms with van der Waals surface area (Å²) in [4.78, 5) is 10.1. The molecule has 2 rings (SSSR count). The van der Waals surface area contributed by atoms with Crippen LogP contribution in [0.5, 0.6) is 0 Å². The quantitative estimate of drug-likeness (QED) is 0.371. The highest BCUT2D eigenvalue weighted by molar-refractivity contribution is 5.89. The highest BCUT2D eigenvalue weighted by Gasteiger charge is 2.06. The molecule has 21 heavy (non-hydrogen) atoms. The third-order valence-electron chi connectivity index (χ3n) is 2.86. The molecule has 0 aliphatic heterocycles. The van der Waals surface area contributed by atoms with Gasteiger partial charge in [-0.05, 0) is 41.5 Å². The van der Waals surface area contributed by atoms with Gasteiger partial charge in [-0.15, -0.1) is 0 Å². The molecule has 0 spiro atoms. The summed E-state index contributed by atoms with van der Waals surface area (Å²) in [5, 5.41) is 28.6. The summed E-state index contributed by atoms with van der Waals surface area (Å²) in [7, 11) is 0. The van der Waals surface area contributed by atoms with E-state index in [-0.39, 0.29) is 5.69 Å². The highest BCUT2D eigenvalue weighted by atomic mass is 16.6. The zero-order valence-electron chi connectivity index (χ0n) is 10.9. The number of allylic oxidation sites excluding steroid dienone is 1. The maximum atomic E-state index is 10.6. The van der Waals surface area contributed by atoms with Crippen molar-refractivity contribution < 1.29 is 4.92 Å². The van der Waals surface area contributed by atoms with Gasteiger partial charge >= 0.3 is 0 Å². The predicted molar refractivity (Wildman–Crippen MR) is 77.7 cm³/mol. The Hall–Kier alpha value is -3.44. The van der Waals surface area contributed by atoms with Crippen LogP contribution in [0.1, 0.15) is 16.7 Å². The van der Waals surface area contributed by atoms with E-state index in [2.05, 4.69) is 6.07 Å². The number of hydrogen-bond acceptors (Lipinski definition) is 4. The van der Waals surface area contributed by atoms with Gasteiger partial charge in [-0.3, -0.25) is 10.1 Å². The minimum Gasteiger partial charge on any atom is -0.258 e. The number of nitro groups is 1. The van der Waals surface area contributed by atoms with E-state index < -0.39 is 4.92 Å². The Morgan fingerprint density at radius 2 is 1.67 bits per heavy atom. The lowest BCUT2D eigenvalue weighted by Crippen LogP contribution is -1.88. The van der Waals surface area contributed by atoms with E-state index in [4.69, 9.17) is 5.26 Å². The molecule has 5 nitrogen and oxygen atoms in total. The SMILES string of the molecule is N#CC(=Cc1ccc(C#N)cc1)c1ccc([N+](=O)[O-])cc1. The van der Waals surface area contributed by atoms with Crippen LogP contribution in [0.15, 0.2) is 48.5 Å². The zero-order valence-corrected chi connectivity index (χ0v) is 10.9. The summed E-state index contributed by atoms with van der Waals surface area (Å²) in [5.41, 5.74) is 2.31. The Morgan fingerprint density at radius 1 is 1.05 bits per heavy atom. The molecule has 0 unspecified atom stereocenters. The monoisotopic (exact) mass is 275 g/mol. The lowest BCUT2D eigenvalue weighted by molar-refractivity contribution is -0.384. The van der Waals surface area contributed by atoms with Crippen LogP contribution in [-0.2, 0) is 0 Å². The highest BCUT2D eigenvalue weighted by Crippen LogP contribution is 2.20. The van der Waals surface area contributed by atoms with Crippen LogP contribution >= 0.6 is 0 Å². The minimum absolute atomic E-state index is 0.0191. The van der Waals surface area contributed by atoms with Crippen LogP contribution in [-0.4, -0.2) is 4.92 Å². The van der Waals surface area contributed by atoms with Gasteiger partial charge in [0.15, 0.2) is 0 Å². The van der Waals surface area contributed by atoms with E-state index in [0.29, 0.717) is 16.7 Å². The predicted octanol–water partition coefficient (Wildman–Crippen LogP) is 3.53. The molecule has 0 saturated heterocycles. The van der Waals surface area contributed by atoms with Crippen molar-refractivity contribution in [2.24, 2.45) is 0 Å². The maximum Gasteiger partial charge on any atom is 0.269 e. The zero-order chi connectivity index (χ0) is 15.2. The Bertz CT molecular complexity index is 776. The standard InChI is InChI=1S/C16H9N3O2/c17-10-13-3-1-12(2-4-13)9-15(11-18)14-5-7-16(8-6-14)19(20)21/h1-9H. The van der Waals surface area contributed by atoms with Crippen LogP contribution in [0.3, 0.4) is 0 Å².